The standard InChI is InChI=1S/C15H19N3O2S/c1-4-7-21-14-12(15(19)20)13(16)18(17-14)11-8-9(2)5-6-10(11)3/h5-6,8H,4,7,16H2,1-3H3,(H,19,20). The first-order valence-electron chi connectivity index (χ1n) is 6.78. The Labute approximate surface area is 128 Å². The molecule has 0 aliphatic heterocycles. The summed E-state index contributed by atoms with van der Waals surface area (Å²) in [6.45, 7) is 5.97. The lowest BCUT2D eigenvalue weighted by molar-refractivity contribution is 0.0694. The Morgan fingerprint density at radius 2 is 2.14 bits per heavy atom. The summed E-state index contributed by atoms with van der Waals surface area (Å²) in [5.74, 6) is -0.0544. The molecule has 0 amide bonds. The van der Waals surface area contributed by atoms with Crippen molar-refractivity contribution in [1.29, 1.82) is 0 Å². The second-order valence-corrected chi connectivity index (χ2v) is 6.00. The summed E-state index contributed by atoms with van der Waals surface area (Å²) in [6.07, 6.45) is 0.944. The molecule has 0 radical (unpaired) electrons. The van der Waals surface area contributed by atoms with E-state index in [1.165, 1.54) is 16.4 Å². The predicted octanol–water partition coefficient (Wildman–Crippen LogP) is 3.27. The third-order valence-electron chi connectivity index (χ3n) is 3.14. The molecule has 112 valence electrons. The molecule has 0 atom stereocenters. The predicted molar refractivity (Wildman–Crippen MR) is 85.4 cm³/mol. The zero-order valence-corrected chi connectivity index (χ0v) is 13.2. The van der Waals surface area contributed by atoms with Crippen molar-refractivity contribution in [2.24, 2.45) is 0 Å². The van der Waals surface area contributed by atoms with Crippen molar-refractivity contribution < 1.29 is 9.90 Å². The maximum Gasteiger partial charge on any atom is 0.342 e. The van der Waals surface area contributed by atoms with Gasteiger partial charge in [0.05, 0.1) is 5.69 Å². The number of nitrogen functional groups attached to an aromatic ring is 1. The summed E-state index contributed by atoms with van der Waals surface area (Å²) in [7, 11) is 0. The van der Waals surface area contributed by atoms with Crippen LogP contribution in [0.2, 0.25) is 0 Å². The molecule has 0 unspecified atom stereocenters. The van der Waals surface area contributed by atoms with E-state index < -0.39 is 5.97 Å². The van der Waals surface area contributed by atoms with Crippen molar-refractivity contribution in [3.8, 4) is 5.69 Å². The van der Waals surface area contributed by atoms with Crippen LogP contribution in [0.1, 0.15) is 34.8 Å². The molecule has 0 fully saturated rings. The van der Waals surface area contributed by atoms with Crippen LogP contribution in [-0.2, 0) is 0 Å². The van der Waals surface area contributed by atoms with Crippen molar-refractivity contribution in [3.63, 3.8) is 0 Å². The Bertz CT molecular complexity index is 680. The lowest BCUT2D eigenvalue weighted by Gasteiger charge is -2.08. The fourth-order valence-corrected chi connectivity index (χ4v) is 2.92. The minimum absolute atomic E-state index is 0.0920. The Morgan fingerprint density at radius 3 is 2.76 bits per heavy atom. The SMILES string of the molecule is CCCSc1nn(-c2cc(C)ccc2C)c(N)c1C(=O)O. The van der Waals surface area contributed by atoms with Crippen LogP contribution in [0, 0.1) is 13.8 Å². The van der Waals surface area contributed by atoms with E-state index in [0.717, 1.165) is 29.0 Å². The Hall–Kier alpha value is -1.95. The first-order valence-corrected chi connectivity index (χ1v) is 7.76. The van der Waals surface area contributed by atoms with Gasteiger partial charge in [0.2, 0.25) is 0 Å². The van der Waals surface area contributed by atoms with Crippen LogP contribution >= 0.6 is 11.8 Å². The lowest BCUT2D eigenvalue weighted by atomic mass is 10.1. The number of carboxylic acids is 1. The second kappa shape index (κ2) is 6.22. The van der Waals surface area contributed by atoms with Gasteiger partial charge >= 0.3 is 5.97 Å². The van der Waals surface area contributed by atoms with E-state index in [-0.39, 0.29) is 11.4 Å². The number of aromatic carboxylic acids is 1. The molecule has 3 N–H and O–H groups in total. The van der Waals surface area contributed by atoms with Gasteiger partial charge < -0.3 is 10.8 Å². The van der Waals surface area contributed by atoms with E-state index in [0.29, 0.717) is 5.03 Å². The van der Waals surface area contributed by atoms with E-state index in [9.17, 15) is 9.90 Å². The Balaban J connectivity index is 2.59. The van der Waals surface area contributed by atoms with Gasteiger partial charge in [-0.25, -0.2) is 9.48 Å². The first-order chi connectivity index (χ1) is 9.95. The van der Waals surface area contributed by atoms with E-state index in [4.69, 9.17) is 5.73 Å². The third-order valence-corrected chi connectivity index (χ3v) is 4.31. The molecule has 2 rings (SSSR count). The number of hydrogen-bond donors (Lipinski definition) is 2. The Kier molecular flexibility index (Phi) is 4.57. The number of rotatable bonds is 5. The highest BCUT2D eigenvalue weighted by molar-refractivity contribution is 7.99. The third kappa shape index (κ3) is 3.05. The van der Waals surface area contributed by atoms with Crippen molar-refractivity contribution in [2.45, 2.75) is 32.2 Å². The zero-order valence-electron chi connectivity index (χ0n) is 12.4. The van der Waals surface area contributed by atoms with Gasteiger partial charge in [-0.05, 0) is 43.2 Å². The largest absolute Gasteiger partial charge is 0.477 e. The zero-order chi connectivity index (χ0) is 15.6. The maximum atomic E-state index is 11.5. The number of nitrogens with two attached hydrogens (primary N) is 1. The Morgan fingerprint density at radius 1 is 1.43 bits per heavy atom. The van der Waals surface area contributed by atoms with Crippen LogP contribution in [-0.4, -0.2) is 26.6 Å². The number of hydrogen-bond acceptors (Lipinski definition) is 4. The van der Waals surface area contributed by atoms with E-state index in [1.807, 2.05) is 39.0 Å². The number of thioether (sulfide) groups is 1. The first kappa shape index (κ1) is 15.4. The van der Waals surface area contributed by atoms with Crippen LogP contribution in [0.25, 0.3) is 5.69 Å². The lowest BCUT2D eigenvalue weighted by Crippen LogP contribution is -2.07. The van der Waals surface area contributed by atoms with E-state index >= 15 is 0 Å². The van der Waals surface area contributed by atoms with Crippen molar-refractivity contribution in [2.75, 3.05) is 11.5 Å². The van der Waals surface area contributed by atoms with Crippen LogP contribution in [0.5, 0.6) is 0 Å². The monoisotopic (exact) mass is 305 g/mol. The second-order valence-electron chi connectivity index (χ2n) is 4.92. The number of aromatic nitrogens is 2. The van der Waals surface area contributed by atoms with Gasteiger partial charge in [-0.3, -0.25) is 0 Å². The average Bonchev–Trinajstić information content (AvgIpc) is 2.76. The van der Waals surface area contributed by atoms with Crippen LogP contribution in [0.3, 0.4) is 0 Å². The minimum atomic E-state index is -1.04. The summed E-state index contributed by atoms with van der Waals surface area (Å²) in [6, 6.07) is 5.94. The van der Waals surface area contributed by atoms with Gasteiger partial charge in [-0.2, -0.15) is 5.10 Å². The number of nitrogens with zero attached hydrogens (tertiary/aromatic N) is 2. The van der Waals surface area contributed by atoms with Crippen LogP contribution in [0.4, 0.5) is 5.82 Å². The summed E-state index contributed by atoms with van der Waals surface area (Å²) in [5.41, 5.74) is 9.02. The van der Waals surface area contributed by atoms with Gasteiger partial charge in [-0.1, -0.05) is 19.1 Å². The average molecular weight is 305 g/mol. The fourth-order valence-electron chi connectivity index (χ4n) is 2.04. The molecule has 0 spiro atoms. The highest BCUT2D eigenvalue weighted by Gasteiger charge is 2.23. The topological polar surface area (TPSA) is 81.1 Å². The van der Waals surface area contributed by atoms with Gasteiger partial charge in [0.15, 0.2) is 0 Å². The molecular formula is C15H19N3O2S. The number of carboxylic acid groups (broad SMARTS) is 1. The molecule has 5 nitrogen and oxygen atoms in total. The number of anilines is 1. The summed E-state index contributed by atoms with van der Waals surface area (Å²) < 4.78 is 1.53. The van der Waals surface area contributed by atoms with Gasteiger partial charge in [0.25, 0.3) is 0 Å². The molecular weight excluding hydrogens is 286 g/mol. The highest BCUT2D eigenvalue weighted by atomic mass is 32.2. The highest BCUT2D eigenvalue weighted by Crippen LogP contribution is 2.30. The number of carbonyl (C=O) groups is 1. The summed E-state index contributed by atoms with van der Waals surface area (Å²) in [5, 5.41) is 14.3. The molecule has 21 heavy (non-hydrogen) atoms. The van der Waals surface area contributed by atoms with Gasteiger partial charge in [0.1, 0.15) is 16.4 Å². The minimum Gasteiger partial charge on any atom is -0.477 e. The molecule has 1 heterocycles. The molecule has 1 aromatic carbocycles. The van der Waals surface area contributed by atoms with Crippen LogP contribution < -0.4 is 5.73 Å². The molecule has 6 heteroatoms. The molecule has 1 aromatic heterocycles. The molecule has 0 aliphatic rings. The van der Waals surface area contributed by atoms with Gasteiger partial charge in [0, 0.05) is 0 Å². The van der Waals surface area contributed by atoms with Crippen molar-refractivity contribution >= 4 is 23.5 Å². The maximum absolute atomic E-state index is 11.5. The molecule has 0 aliphatic carbocycles. The molecule has 0 saturated carbocycles. The number of benzene rings is 1. The quantitative estimate of drug-likeness (QED) is 0.829. The fraction of sp³-hybridized carbons (Fsp3) is 0.333. The van der Waals surface area contributed by atoms with E-state index in [2.05, 4.69) is 5.10 Å². The normalized spacial score (nSPS) is 10.8. The van der Waals surface area contributed by atoms with Gasteiger partial charge in [-0.15, -0.1) is 11.8 Å². The van der Waals surface area contributed by atoms with Crippen molar-refractivity contribution in [1.82, 2.24) is 9.78 Å². The van der Waals surface area contributed by atoms with Crippen LogP contribution in [0.15, 0.2) is 23.2 Å². The summed E-state index contributed by atoms with van der Waals surface area (Å²) in [4.78, 5) is 11.5. The molecule has 0 saturated heterocycles. The number of aryl methyl sites for hydroxylation is 2. The van der Waals surface area contributed by atoms with E-state index in [1.54, 1.807) is 0 Å². The summed E-state index contributed by atoms with van der Waals surface area (Å²) >= 11 is 1.42. The van der Waals surface area contributed by atoms with Crippen molar-refractivity contribution in [3.05, 3.63) is 34.9 Å². The molecule has 0 bridgehead atoms. The molecule has 2 aromatic rings. The smallest absolute Gasteiger partial charge is 0.342 e.